The molecule has 0 aliphatic heterocycles. The number of carbonyl (C=O) groups is 2. The second-order valence-corrected chi connectivity index (χ2v) is 9.04. The molecule has 0 aliphatic carbocycles. The topological polar surface area (TPSA) is 76.5 Å². The van der Waals surface area contributed by atoms with Crippen LogP contribution in [0.15, 0.2) is 30.3 Å². The monoisotopic (exact) mass is 442 g/mol. The molecule has 1 N–H and O–H groups in total. The maximum atomic E-state index is 12.8. The summed E-state index contributed by atoms with van der Waals surface area (Å²) >= 11 is 0. The number of nitrogens with zero attached hydrogens (tertiary/aromatic N) is 3. The predicted molar refractivity (Wildman–Crippen MR) is 128 cm³/mol. The van der Waals surface area contributed by atoms with Crippen molar-refractivity contribution in [2.45, 2.75) is 72.1 Å². The Bertz CT molecular complexity index is 882. The molecule has 2 aromatic rings. The lowest BCUT2D eigenvalue weighted by Crippen LogP contribution is -2.38. The minimum atomic E-state index is -0.233. The molecule has 176 valence electrons. The van der Waals surface area contributed by atoms with Crippen LogP contribution in [0.3, 0.4) is 0 Å². The van der Waals surface area contributed by atoms with Crippen LogP contribution in [0.25, 0.3) is 5.69 Å². The van der Waals surface area contributed by atoms with Crippen LogP contribution in [0, 0.1) is 0 Å². The Hall–Kier alpha value is -2.83. The lowest BCUT2D eigenvalue weighted by atomic mass is 9.92. The van der Waals surface area contributed by atoms with Gasteiger partial charge in [0.2, 0.25) is 11.8 Å². The molecule has 0 saturated heterocycles. The van der Waals surface area contributed by atoms with E-state index in [1.165, 1.54) is 0 Å². The predicted octanol–water partition coefficient (Wildman–Crippen LogP) is 4.94. The SMILES string of the molecule is CCCCCCC(=O)N(CC)CC(=O)Nc1cc(C(C)(C)C)nn1-c1ccc(OC)cc1. The Morgan fingerprint density at radius 2 is 1.78 bits per heavy atom. The van der Waals surface area contributed by atoms with E-state index in [9.17, 15) is 9.59 Å². The normalized spacial score (nSPS) is 11.3. The number of anilines is 1. The Kier molecular flexibility index (Phi) is 9.29. The largest absolute Gasteiger partial charge is 0.497 e. The molecule has 7 nitrogen and oxygen atoms in total. The molecule has 0 fully saturated rings. The highest BCUT2D eigenvalue weighted by Crippen LogP contribution is 2.27. The zero-order chi connectivity index (χ0) is 23.7. The average molecular weight is 443 g/mol. The van der Waals surface area contributed by atoms with Gasteiger partial charge in [0.25, 0.3) is 0 Å². The molecule has 0 bridgehead atoms. The number of benzene rings is 1. The molecule has 0 radical (unpaired) electrons. The summed E-state index contributed by atoms with van der Waals surface area (Å²) in [4.78, 5) is 27.0. The molecule has 2 amide bonds. The van der Waals surface area contributed by atoms with E-state index in [1.807, 2.05) is 37.3 Å². The fourth-order valence-corrected chi connectivity index (χ4v) is 3.35. The van der Waals surface area contributed by atoms with Gasteiger partial charge in [-0.05, 0) is 37.6 Å². The van der Waals surface area contributed by atoms with Crippen LogP contribution in [-0.2, 0) is 15.0 Å². The quantitative estimate of drug-likeness (QED) is 0.500. The lowest BCUT2D eigenvalue weighted by molar-refractivity contribution is -0.134. The molecule has 0 unspecified atom stereocenters. The Labute approximate surface area is 192 Å². The van der Waals surface area contributed by atoms with Crippen LogP contribution in [0.2, 0.25) is 0 Å². The van der Waals surface area contributed by atoms with Gasteiger partial charge in [-0.25, -0.2) is 4.68 Å². The Morgan fingerprint density at radius 3 is 2.34 bits per heavy atom. The van der Waals surface area contributed by atoms with Crippen LogP contribution < -0.4 is 10.1 Å². The summed E-state index contributed by atoms with van der Waals surface area (Å²) in [6, 6.07) is 9.40. The highest BCUT2D eigenvalue weighted by Gasteiger charge is 2.22. The molecule has 1 aromatic heterocycles. The number of hydrogen-bond donors (Lipinski definition) is 1. The summed E-state index contributed by atoms with van der Waals surface area (Å²) in [5.41, 5.74) is 1.50. The van der Waals surface area contributed by atoms with Gasteiger partial charge < -0.3 is 15.0 Å². The van der Waals surface area contributed by atoms with Crippen molar-refractivity contribution < 1.29 is 14.3 Å². The summed E-state index contributed by atoms with van der Waals surface area (Å²) in [6.07, 6.45) is 4.66. The second-order valence-electron chi connectivity index (χ2n) is 9.04. The molecule has 0 spiro atoms. The van der Waals surface area contributed by atoms with Crippen LogP contribution in [0.1, 0.15) is 72.4 Å². The summed E-state index contributed by atoms with van der Waals surface area (Å²) < 4.78 is 6.97. The van der Waals surface area contributed by atoms with Crippen LogP contribution >= 0.6 is 0 Å². The molecule has 7 heteroatoms. The minimum absolute atomic E-state index is 0.0257. The number of likely N-dealkylation sites (N-methyl/N-ethyl adjacent to an activating group) is 1. The summed E-state index contributed by atoms with van der Waals surface area (Å²) in [5, 5.41) is 7.70. The van der Waals surface area contributed by atoms with Gasteiger partial charge >= 0.3 is 0 Å². The van der Waals surface area contributed by atoms with Crippen molar-refractivity contribution in [2.24, 2.45) is 0 Å². The van der Waals surface area contributed by atoms with Crippen LogP contribution in [0.4, 0.5) is 5.82 Å². The first-order valence-electron chi connectivity index (χ1n) is 11.5. The van der Waals surface area contributed by atoms with Gasteiger partial charge in [0.15, 0.2) is 0 Å². The molecule has 2 rings (SSSR count). The van der Waals surface area contributed by atoms with Crippen molar-refractivity contribution in [3.05, 3.63) is 36.0 Å². The lowest BCUT2D eigenvalue weighted by Gasteiger charge is -2.20. The van der Waals surface area contributed by atoms with Crippen molar-refractivity contribution in [1.82, 2.24) is 14.7 Å². The van der Waals surface area contributed by atoms with Crippen molar-refractivity contribution >= 4 is 17.6 Å². The van der Waals surface area contributed by atoms with E-state index >= 15 is 0 Å². The molecular weight excluding hydrogens is 404 g/mol. The second kappa shape index (κ2) is 11.7. The number of hydrogen-bond acceptors (Lipinski definition) is 4. The number of carbonyl (C=O) groups excluding carboxylic acids is 2. The maximum absolute atomic E-state index is 12.8. The van der Waals surface area contributed by atoms with Gasteiger partial charge in [-0.1, -0.05) is 47.0 Å². The van der Waals surface area contributed by atoms with E-state index in [2.05, 4.69) is 33.0 Å². The van der Waals surface area contributed by atoms with Crippen molar-refractivity contribution in [3.8, 4) is 11.4 Å². The standard InChI is InChI=1S/C25H38N4O3/c1-7-9-10-11-12-24(31)28(8-2)18-23(30)26-22-17-21(25(3,4)5)27-29(22)19-13-15-20(32-6)16-14-19/h13-17H,7-12,18H2,1-6H3,(H,26,30). The third-order valence-electron chi connectivity index (χ3n) is 5.38. The van der Waals surface area contributed by atoms with Crippen LogP contribution in [0.5, 0.6) is 5.75 Å². The van der Waals surface area contributed by atoms with Gasteiger partial charge in [-0.15, -0.1) is 0 Å². The number of ether oxygens (including phenoxy) is 1. The maximum Gasteiger partial charge on any atom is 0.245 e. The van der Waals surface area contributed by atoms with E-state index < -0.39 is 0 Å². The van der Waals surface area contributed by atoms with Crippen molar-refractivity contribution in [3.63, 3.8) is 0 Å². The molecule has 1 heterocycles. The zero-order valence-corrected chi connectivity index (χ0v) is 20.4. The van der Waals surface area contributed by atoms with E-state index in [0.717, 1.165) is 42.8 Å². The smallest absolute Gasteiger partial charge is 0.245 e. The zero-order valence-electron chi connectivity index (χ0n) is 20.4. The average Bonchev–Trinajstić information content (AvgIpc) is 3.19. The van der Waals surface area contributed by atoms with E-state index in [1.54, 1.807) is 16.7 Å². The fourth-order valence-electron chi connectivity index (χ4n) is 3.35. The molecular formula is C25H38N4O3. The van der Waals surface area contributed by atoms with E-state index in [0.29, 0.717) is 18.8 Å². The number of aromatic nitrogens is 2. The van der Waals surface area contributed by atoms with Crippen molar-refractivity contribution in [1.29, 1.82) is 0 Å². The first-order chi connectivity index (χ1) is 15.2. The summed E-state index contributed by atoms with van der Waals surface area (Å²) in [7, 11) is 1.62. The van der Waals surface area contributed by atoms with Gasteiger partial charge in [-0.2, -0.15) is 5.10 Å². The highest BCUT2D eigenvalue weighted by atomic mass is 16.5. The van der Waals surface area contributed by atoms with Gasteiger partial charge in [0.1, 0.15) is 11.6 Å². The molecule has 32 heavy (non-hydrogen) atoms. The Morgan fingerprint density at radius 1 is 1.09 bits per heavy atom. The molecule has 1 aromatic carbocycles. The fraction of sp³-hybridized carbons (Fsp3) is 0.560. The number of rotatable bonds is 11. The first kappa shape index (κ1) is 25.4. The number of nitrogens with one attached hydrogen (secondary N) is 1. The van der Waals surface area contributed by atoms with E-state index in [4.69, 9.17) is 9.84 Å². The van der Waals surface area contributed by atoms with Gasteiger partial charge in [0, 0.05) is 24.4 Å². The molecule has 0 aliphatic rings. The third kappa shape index (κ3) is 7.11. The van der Waals surface area contributed by atoms with Gasteiger partial charge in [-0.3, -0.25) is 9.59 Å². The van der Waals surface area contributed by atoms with Crippen LogP contribution in [-0.4, -0.2) is 46.7 Å². The summed E-state index contributed by atoms with van der Waals surface area (Å²) in [5.74, 6) is 1.12. The molecule has 0 saturated carbocycles. The number of amides is 2. The first-order valence-corrected chi connectivity index (χ1v) is 11.5. The minimum Gasteiger partial charge on any atom is -0.497 e. The third-order valence-corrected chi connectivity index (χ3v) is 5.38. The number of unbranched alkanes of at least 4 members (excludes halogenated alkanes) is 3. The van der Waals surface area contributed by atoms with Crippen molar-refractivity contribution in [2.75, 3.05) is 25.5 Å². The number of methoxy groups -OCH3 is 1. The highest BCUT2D eigenvalue weighted by molar-refractivity contribution is 5.94. The summed E-state index contributed by atoms with van der Waals surface area (Å²) in [6.45, 7) is 10.8. The Balaban J connectivity index is 2.16. The molecule has 0 atom stereocenters. The van der Waals surface area contributed by atoms with Gasteiger partial charge in [0.05, 0.1) is 25.0 Å². The van der Waals surface area contributed by atoms with E-state index in [-0.39, 0.29) is 23.8 Å².